The normalized spacial score (nSPS) is 26.9. The molecule has 2 aromatic carbocycles. The number of methoxy groups -OCH3 is 1. The van der Waals surface area contributed by atoms with Crippen molar-refractivity contribution >= 4 is 5.97 Å². The fourth-order valence-electron chi connectivity index (χ4n) is 5.13. The van der Waals surface area contributed by atoms with Crippen LogP contribution in [0.2, 0.25) is 0 Å². The fourth-order valence-corrected chi connectivity index (χ4v) is 5.13. The summed E-state index contributed by atoms with van der Waals surface area (Å²) in [6.45, 7) is 3.84. The maximum absolute atomic E-state index is 12.7. The zero-order valence-electron chi connectivity index (χ0n) is 17.7. The molecule has 156 valence electrons. The van der Waals surface area contributed by atoms with Crippen molar-refractivity contribution in [3.8, 4) is 11.5 Å². The zero-order chi connectivity index (χ0) is 20.9. The Morgan fingerprint density at radius 3 is 2.93 bits per heavy atom. The van der Waals surface area contributed by atoms with Crippen LogP contribution in [0.5, 0.6) is 11.5 Å². The second-order valence-electron chi connectivity index (χ2n) is 8.67. The highest BCUT2D eigenvalue weighted by Crippen LogP contribution is 2.55. The number of rotatable bonds is 3. The minimum Gasteiger partial charge on any atom is -0.493 e. The number of esters is 1. The Hall–Kier alpha value is -2.79. The number of nitrogens with zero attached hydrogens (tertiary/aromatic N) is 1. The van der Waals surface area contributed by atoms with Crippen LogP contribution < -0.4 is 9.47 Å². The Morgan fingerprint density at radius 2 is 2.13 bits per heavy atom. The average Bonchev–Trinajstić information content (AvgIpc) is 2.99. The van der Waals surface area contributed by atoms with E-state index in [1.54, 1.807) is 13.2 Å². The maximum Gasteiger partial charge on any atom is 0.338 e. The molecule has 3 atom stereocenters. The van der Waals surface area contributed by atoms with Crippen molar-refractivity contribution in [3.63, 3.8) is 0 Å². The van der Waals surface area contributed by atoms with Gasteiger partial charge in [0.15, 0.2) is 11.5 Å². The summed E-state index contributed by atoms with van der Waals surface area (Å²) in [6.07, 6.45) is 5.50. The smallest absolute Gasteiger partial charge is 0.338 e. The molecule has 0 fully saturated rings. The molecule has 0 aromatic heterocycles. The molecule has 3 unspecified atom stereocenters. The summed E-state index contributed by atoms with van der Waals surface area (Å²) >= 11 is 0. The van der Waals surface area contributed by atoms with Gasteiger partial charge in [-0.1, -0.05) is 29.8 Å². The van der Waals surface area contributed by atoms with Crippen LogP contribution in [0.1, 0.15) is 39.9 Å². The summed E-state index contributed by atoms with van der Waals surface area (Å²) in [5.74, 6) is 1.33. The molecule has 3 aliphatic rings. The second kappa shape index (κ2) is 7.17. The molecule has 0 amide bonds. The Morgan fingerprint density at radius 1 is 1.27 bits per heavy atom. The number of hydrogen-bond acceptors (Lipinski definition) is 5. The molecule has 0 radical (unpaired) electrons. The van der Waals surface area contributed by atoms with Gasteiger partial charge in [-0.15, -0.1) is 0 Å². The third-order valence-corrected chi connectivity index (χ3v) is 6.64. The van der Waals surface area contributed by atoms with Gasteiger partial charge in [0.1, 0.15) is 12.2 Å². The lowest BCUT2D eigenvalue weighted by Crippen LogP contribution is -2.43. The standard InChI is InChI=1S/C25H27NO4/c1-16-5-4-6-17(13-16)24(27)29-19-9-10-25-11-12-26(2)15-18-7-8-20(28-3)23(22(18)25)30-21(25)14-19/h4-10,13,19,21H,11-12,14-15H2,1-3H3. The van der Waals surface area contributed by atoms with Crippen LogP contribution in [0.15, 0.2) is 48.6 Å². The lowest BCUT2D eigenvalue weighted by Gasteiger charge is -2.36. The van der Waals surface area contributed by atoms with E-state index in [0.29, 0.717) is 12.0 Å². The van der Waals surface area contributed by atoms with E-state index in [1.807, 2.05) is 31.2 Å². The SMILES string of the molecule is COc1ccc2c3c1OC1CC(OC(=O)c4cccc(C)c4)C=CC31CCN(C)C2. The zero-order valence-corrected chi connectivity index (χ0v) is 17.7. The van der Waals surface area contributed by atoms with E-state index >= 15 is 0 Å². The predicted octanol–water partition coefficient (Wildman–Crippen LogP) is 4.02. The lowest BCUT2D eigenvalue weighted by atomic mass is 9.69. The van der Waals surface area contributed by atoms with E-state index in [-0.39, 0.29) is 23.6 Å². The summed E-state index contributed by atoms with van der Waals surface area (Å²) in [7, 11) is 3.84. The van der Waals surface area contributed by atoms with Gasteiger partial charge >= 0.3 is 5.97 Å². The van der Waals surface area contributed by atoms with Gasteiger partial charge in [0, 0.05) is 18.5 Å². The van der Waals surface area contributed by atoms with Crippen LogP contribution in [-0.2, 0) is 16.7 Å². The quantitative estimate of drug-likeness (QED) is 0.570. The minimum atomic E-state index is -0.307. The first-order chi connectivity index (χ1) is 14.5. The first-order valence-electron chi connectivity index (χ1n) is 10.5. The number of benzene rings is 2. The molecular weight excluding hydrogens is 378 g/mol. The number of ether oxygens (including phenoxy) is 3. The van der Waals surface area contributed by atoms with Gasteiger partial charge in [-0.3, -0.25) is 0 Å². The van der Waals surface area contributed by atoms with Crippen molar-refractivity contribution in [2.75, 3.05) is 20.7 Å². The molecule has 1 aliphatic carbocycles. The van der Waals surface area contributed by atoms with Crippen molar-refractivity contribution in [3.05, 3.63) is 70.8 Å². The molecule has 1 spiro atoms. The highest BCUT2D eigenvalue weighted by molar-refractivity contribution is 5.89. The molecule has 0 N–H and O–H groups in total. The number of carbonyl (C=O) groups is 1. The van der Waals surface area contributed by atoms with Crippen LogP contribution in [0.25, 0.3) is 0 Å². The van der Waals surface area contributed by atoms with E-state index in [4.69, 9.17) is 14.2 Å². The van der Waals surface area contributed by atoms with Crippen LogP contribution in [0, 0.1) is 6.92 Å². The van der Waals surface area contributed by atoms with E-state index in [2.05, 4.69) is 30.2 Å². The third-order valence-electron chi connectivity index (χ3n) is 6.64. The van der Waals surface area contributed by atoms with Gasteiger partial charge in [-0.25, -0.2) is 4.79 Å². The summed E-state index contributed by atoms with van der Waals surface area (Å²) in [5, 5.41) is 0. The topological polar surface area (TPSA) is 48.0 Å². The summed E-state index contributed by atoms with van der Waals surface area (Å²) in [5.41, 5.74) is 3.96. The summed E-state index contributed by atoms with van der Waals surface area (Å²) in [6, 6.07) is 11.7. The number of carbonyl (C=O) groups excluding carboxylic acids is 1. The highest BCUT2D eigenvalue weighted by atomic mass is 16.6. The van der Waals surface area contributed by atoms with Gasteiger partial charge in [-0.2, -0.15) is 0 Å². The van der Waals surface area contributed by atoms with Crippen LogP contribution in [0.4, 0.5) is 0 Å². The van der Waals surface area contributed by atoms with Crippen molar-refractivity contribution in [1.29, 1.82) is 0 Å². The Kier molecular flexibility index (Phi) is 4.58. The van der Waals surface area contributed by atoms with Gasteiger partial charge in [0.05, 0.1) is 18.1 Å². The minimum absolute atomic E-state index is 0.0747. The average molecular weight is 405 g/mol. The van der Waals surface area contributed by atoms with Gasteiger partial charge < -0.3 is 19.1 Å². The second-order valence-corrected chi connectivity index (χ2v) is 8.67. The van der Waals surface area contributed by atoms with Gasteiger partial charge in [0.2, 0.25) is 0 Å². The van der Waals surface area contributed by atoms with Gasteiger partial charge in [0.25, 0.3) is 0 Å². The molecule has 0 saturated heterocycles. The molecule has 2 heterocycles. The Labute approximate surface area is 177 Å². The largest absolute Gasteiger partial charge is 0.493 e. The molecule has 5 nitrogen and oxygen atoms in total. The monoisotopic (exact) mass is 405 g/mol. The van der Waals surface area contributed by atoms with Crippen LogP contribution in [0.3, 0.4) is 0 Å². The highest BCUT2D eigenvalue weighted by Gasteiger charge is 2.53. The van der Waals surface area contributed by atoms with Crippen molar-refractivity contribution < 1.29 is 19.0 Å². The summed E-state index contributed by atoms with van der Waals surface area (Å²) < 4.78 is 17.9. The lowest BCUT2D eigenvalue weighted by molar-refractivity contribution is 0.0218. The van der Waals surface area contributed by atoms with Crippen molar-refractivity contribution in [2.45, 2.75) is 43.9 Å². The molecule has 0 bridgehead atoms. The molecule has 2 aliphatic heterocycles. The molecule has 5 rings (SSSR count). The Balaban J connectivity index is 1.46. The first kappa shape index (κ1) is 19.2. The Bertz CT molecular complexity index is 1030. The first-order valence-corrected chi connectivity index (χ1v) is 10.5. The van der Waals surface area contributed by atoms with Crippen molar-refractivity contribution in [2.24, 2.45) is 0 Å². The molecule has 0 saturated carbocycles. The molecule has 5 heteroatoms. The number of hydrogen-bond donors (Lipinski definition) is 0. The van der Waals surface area contributed by atoms with E-state index in [9.17, 15) is 4.79 Å². The van der Waals surface area contributed by atoms with Crippen LogP contribution in [-0.4, -0.2) is 43.8 Å². The maximum atomic E-state index is 12.7. The van der Waals surface area contributed by atoms with Crippen molar-refractivity contribution in [1.82, 2.24) is 4.90 Å². The van der Waals surface area contributed by atoms with E-state index < -0.39 is 0 Å². The van der Waals surface area contributed by atoms with Crippen LogP contribution >= 0.6 is 0 Å². The predicted molar refractivity (Wildman–Crippen MR) is 114 cm³/mol. The molecule has 30 heavy (non-hydrogen) atoms. The summed E-state index contributed by atoms with van der Waals surface area (Å²) in [4.78, 5) is 15.0. The fraction of sp³-hybridized carbons (Fsp3) is 0.400. The van der Waals surface area contributed by atoms with Gasteiger partial charge in [-0.05, 0) is 56.8 Å². The third kappa shape index (κ3) is 3.00. The molecular formula is C25H27NO4. The van der Waals surface area contributed by atoms with E-state index in [1.165, 1.54) is 11.1 Å². The molecule has 2 aromatic rings. The number of aryl methyl sites for hydroxylation is 1. The van der Waals surface area contributed by atoms with E-state index in [0.717, 1.165) is 36.6 Å².